The molecule has 2 aromatic rings. The highest BCUT2D eigenvalue weighted by Gasteiger charge is 2.30. The van der Waals surface area contributed by atoms with Crippen LogP contribution in [0.25, 0.3) is 10.2 Å². The number of carbonyl (C=O) groups is 2. The Morgan fingerprint density at radius 3 is 3.00 bits per heavy atom. The molecule has 0 spiro atoms. The Balaban J connectivity index is 1.42. The van der Waals surface area contributed by atoms with Gasteiger partial charge in [-0.2, -0.15) is 0 Å². The number of hydrogen-bond acceptors (Lipinski definition) is 5. The molecule has 1 aromatic heterocycles. The average molecular weight is 372 g/mol. The quantitative estimate of drug-likeness (QED) is 0.867. The van der Waals surface area contributed by atoms with Gasteiger partial charge in [0.2, 0.25) is 11.8 Å². The first-order valence-electron chi connectivity index (χ1n) is 9.39. The molecule has 2 atom stereocenters. The number of carbonyl (C=O) groups excluding carboxylic acids is 2. The summed E-state index contributed by atoms with van der Waals surface area (Å²) < 4.78 is 1.17. The van der Waals surface area contributed by atoms with Crippen molar-refractivity contribution in [1.82, 2.24) is 15.6 Å². The van der Waals surface area contributed by atoms with Crippen LogP contribution in [0.3, 0.4) is 0 Å². The highest BCUT2D eigenvalue weighted by atomic mass is 32.1. The molecule has 138 valence electrons. The van der Waals surface area contributed by atoms with E-state index in [1.807, 2.05) is 18.2 Å². The summed E-state index contributed by atoms with van der Waals surface area (Å²) in [4.78, 5) is 31.7. The summed E-state index contributed by atoms with van der Waals surface area (Å²) in [5.74, 6) is -0.139. The normalized spacial score (nSPS) is 24.2. The van der Waals surface area contributed by atoms with E-state index in [2.05, 4.69) is 21.6 Å². The van der Waals surface area contributed by atoms with Crippen molar-refractivity contribution in [3.8, 4) is 0 Å². The van der Waals surface area contributed by atoms with Gasteiger partial charge in [-0.05, 0) is 44.2 Å². The lowest BCUT2D eigenvalue weighted by atomic mass is 9.96. The van der Waals surface area contributed by atoms with Gasteiger partial charge in [-0.3, -0.25) is 9.59 Å². The fraction of sp³-hybridized carbons (Fsp3) is 0.526. The van der Waals surface area contributed by atoms with Gasteiger partial charge in [0.25, 0.3) is 0 Å². The number of nitrogens with one attached hydrogen (secondary N) is 2. The van der Waals surface area contributed by atoms with Gasteiger partial charge in [0.15, 0.2) is 5.13 Å². The predicted molar refractivity (Wildman–Crippen MR) is 103 cm³/mol. The number of anilines is 1. The maximum atomic E-state index is 12.7. The average Bonchev–Trinajstić information content (AvgIpc) is 3.01. The van der Waals surface area contributed by atoms with E-state index in [9.17, 15) is 9.59 Å². The number of hydrogen-bond donors (Lipinski definition) is 2. The molecular formula is C19H24N4O2S. The maximum Gasteiger partial charge on any atom is 0.242 e. The monoisotopic (exact) mass is 372 g/mol. The van der Waals surface area contributed by atoms with Gasteiger partial charge in [-0.15, -0.1) is 0 Å². The van der Waals surface area contributed by atoms with Crippen LogP contribution in [0.2, 0.25) is 0 Å². The van der Waals surface area contributed by atoms with Gasteiger partial charge in [-0.1, -0.05) is 23.5 Å². The standard InChI is InChI=1S/C19H24N4O2S/c24-17(21-15-8-3-4-10-20-18(15)25)13-6-5-11-23(12-13)19-22-14-7-1-2-9-16(14)26-19/h1-2,7,9,13,15H,3-6,8,10-12H2,(H,20,25)(H,21,24)/t13-,15+/m0/s1. The number of nitrogens with zero attached hydrogens (tertiary/aromatic N) is 2. The Bertz CT molecular complexity index is 773. The Hall–Kier alpha value is -2.15. The van der Waals surface area contributed by atoms with Crippen molar-refractivity contribution < 1.29 is 9.59 Å². The third-order valence-electron chi connectivity index (χ3n) is 5.20. The first kappa shape index (κ1) is 17.3. The molecule has 1 aromatic carbocycles. The maximum absolute atomic E-state index is 12.7. The molecule has 3 heterocycles. The van der Waals surface area contributed by atoms with E-state index in [-0.39, 0.29) is 23.8 Å². The minimum Gasteiger partial charge on any atom is -0.354 e. The molecule has 0 radical (unpaired) electrons. The zero-order chi connectivity index (χ0) is 17.9. The van der Waals surface area contributed by atoms with Crippen molar-refractivity contribution in [3.05, 3.63) is 24.3 Å². The second kappa shape index (κ2) is 7.61. The van der Waals surface area contributed by atoms with Crippen LogP contribution in [-0.4, -0.2) is 42.5 Å². The Morgan fingerprint density at radius 1 is 1.23 bits per heavy atom. The predicted octanol–water partition coefficient (Wildman–Crippen LogP) is 2.30. The first-order chi connectivity index (χ1) is 12.7. The summed E-state index contributed by atoms with van der Waals surface area (Å²) >= 11 is 1.68. The Labute approximate surface area is 157 Å². The van der Waals surface area contributed by atoms with Crippen molar-refractivity contribution in [2.24, 2.45) is 5.92 Å². The van der Waals surface area contributed by atoms with Gasteiger partial charge >= 0.3 is 0 Å². The first-order valence-corrected chi connectivity index (χ1v) is 10.2. The summed E-state index contributed by atoms with van der Waals surface area (Å²) in [6.45, 7) is 2.30. The van der Waals surface area contributed by atoms with Gasteiger partial charge in [0, 0.05) is 19.6 Å². The number of para-hydroxylation sites is 1. The number of fused-ring (bicyclic) bond motifs is 1. The molecule has 7 heteroatoms. The number of thiazole rings is 1. The number of rotatable bonds is 3. The summed E-state index contributed by atoms with van der Waals surface area (Å²) in [5.41, 5.74) is 1.01. The lowest BCUT2D eigenvalue weighted by molar-refractivity contribution is -0.131. The molecular weight excluding hydrogens is 348 g/mol. The Kier molecular flexibility index (Phi) is 5.06. The van der Waals surface area contributed by atoms with Crippen LogP contribution >= 0.6 is 11.3 Å². The van der Waals surface area contributed by atoms with Crippen LogP contribution in [0.1, 0.15) is 32.1 Å². The zero-order valence-corrected chi connectivity index (χ0v) is 15.6. The molecule has 2 fully saturated rings. The lowest BCUT2D eigenvalue weighted by Gasteiger charge is -2.32. The van der Waals surface area contributed by atoms with Gasteiger partial charge in [0.1, 0.15) is 6.04 Å². The van der Waals surface area contributed by atoms with E-state index in [4.69, 9.17) is 4.98 Å². The lowest BCUT2D eigenvalue weighted by Crippen LogP contribution is -2.50. The summed E-state index contributed by atoms with van der Waals surface area (Å²) in [7, 11) is 0. The molecule has 0 bridgehead atoms. The second-order valence-electron chi connectivity index (χ2n) is 7.10. The molecule has 0 unspecified atom stereocenters. The van der Waals surface area contributed by atoms with Crippen LogP contribution in [0.4, 0.5) is 5.13 Å². The van der Waals surface area contributed by atoms with Gasteiger partial charge in [0.05, 0.1) is 16.1 Å². The summed E-state index contributed by atoms with van der Waals surface area (Å²) in [6, 6.07) is 7.73. The largest absolute Gasteiger partial charge is 0.354 e. The van der Waals surface area contributed by atoms with Gasteiger partial charge < -0.3 is 15.5 Å². The Morgan fingerprint density at radius 2 is 2.12 bits per heavy atom. The van der Waals surface area contributed by atoms with Crippen LogP contribution in [0.15, 0.2) is 24.3 Å². The second-order valence-corrected chi connectivity index (χ2v) is 8.11. The van der Waals surface area contributed by atoms with Crippen LogP contribution in [-0.2, 0) is 9.59 Å². The van der Waals surface area contributed by atoms with Crippen molar-refractivity contribution in [3.63, 3.8) is 0 Å². The van der Waals surface area contributed by atoms with Crippen LogP contribution in [0.5, 0.6) is 0 Å². The minimum absolute atomic E-state index is 0.00198. The van der Waals surface area contributed by atoms with Crippen molar-refractivity contribution >= 4 is 38.5 Å². The van der Waals surface area contributed by atoms with E-state index in [0.29, 0.717) is 13.1 Å². The smallest absolute Gasteiger partial charge is 0.242 e. The van der Waals surface area contributed by atoms with Crippen molar-refractivity contribution in [1.29, 1.82) is 0 Å². The fourth-order valence-corrected chi connectivity index (χ4v) is 4.73. The zero-order valence-electron chi connectivity index (χ0n) is 14.7. The minimum atomic E-state index is -0.386. The highest BCUT2D eigenvalue weighted by molar-refractivity contribution is 7.22. The van der Waals surface area contributed by atoms with Gasteiger partial charge in [-0.25, -0.2) is 4.98 Å². The van der Waals surface area contributed by atoms with E-state index in [1.165, 1.54) is 4.70 Å². The highest BCUT2D eigenvalue weighted by Crippen LogP contribution is 2.31. The molecule has 2 N–H and O–H groups in total. The van der Waals surface area contributed by atoms with Crippen LogP contribution < -0.4 is 15.5 Å². The molecule has 26 heavy (non-hydrogen) atoms. The molecule has 2 aliphatic rings. The fourth-order valence-electron chi connectivity index (χ4n) is 3.73. The molecule has 2 saturated heterocycles. The number of piperidine rings is 1. The molecule has 2 aliphatic heterocycles. The van der Waals surface area contributed by atoms with Crippen molar-refractivity contribution in [2.45, 2.75) is 38.1 Å². The molecule has 0 aliphatic carbocycles. The molecule has 4 rings (SSSR count). The number of benzene rings is 1. The van der Waals surface area contributed by atoms with E-state index >= 15 is 0 Å². The molecule has 0 saturated carbocycles. The molecule has 2 amide bonds. The SMILES string of the molecule is O=C(N[C@@H]1CCCCNC1=O)[C@H]1CCCN(c2nc3ccccc3s2)C1. The molecule has 6 nitrogen and oxygen atoms in total. The summed E-state index contributed by atoms with van der Waals surface area (Å²) in [5, 5.41) is 6.84. The van der Waals surface area contributed by atoms with Crippen molar-refractivity contribution in [2.75, 3.05) is 24.5 Å². The van der Waals surface area contributed by atoms with Crippen LogP contribution in [0, 0.1) is 5.92 Å². The summed E-state index contributed by atoms with van der Waals surface area (Å²) in [6.07, 6.45) is 4.50. The topological polar surface area (TPSA) is 74.3 Å². The number of amides is 2. The van der Waals surface area contributed by atoms with E-state index in [0.717, 1.165) is 49.3 Å². The third kappa shape index (κ3) is 3.67. The number of aromatic nitrogens is 1. The van der Waals surface area contributed by atoms with E-state index in [1.54, 1.807) is 11.3 Å². The van der Waals surface area contributed by atoms with E-state index < -0.39 is 0 Å². The third-order valence-corrected chi connectivity index (χ3v) is 6.29.